The molecule has 0 heterocycles. The predicted octanol–water partition coefficient (Wildman–Crippen LogP) is 12.2. The molecule has 0 saturated heterocycles. The standard InChI is InChI=1S/C48H82NO8P/c1-6-8-10-12-14-16-18-20-22-23-24-25-27-28-30-32-34-36-38-40-47(50)54-44-46(45-56-58(52,53)55-43-42-49(3,4)5)57-48(51)41-39-37-35-33-31-29-26-21-19-17-15-13-11-9-7-2/h9,11,14-17,20-22,24-26,28,30,46H,6-8,10,12-13,18-19,23,27,29,31-45H2,1-5H3/b11-9-,16-14-,17-15-,22-20-,25-24-,26-21-,30-28-/t46-/m1/s1. The Labute approximate surface area is 354 Å². The van der Waals surface area contributed by atoms with Gasteiger partial charge >= 0.3 is 11.9 Å². The molecule has 0 spiro atoms. The maximum atomic E-state index is 12.7. The molecule has 2 atom stereocenters. The van der Waals surface area contributed by atoms with Crippen LogP contribution in [0.2, 0.25) is 0 Å². The molecule has 58 heavy (non-hydrogen) atoms. The summed E-state index contributed by atoms with van der Waals surface area (Å²) in [4.78, 5) is 37.5. The first kappa shape index (κ1) is 55.2. The zero-order valence-corrected chi connectivity index (χ0v) is 38.1. The molecule has 0 amide bonds. The number of quaternary nitrogens is 1. The van der Waals surface area contributed by atoms with Crippen molar-refractivity contribution >= 4 is 19.8 Å². The van der Waals surface area contributed by atoms with Crippen molar-refractivity contribution in [1.29, 1.82) is 0 Å². The molecule has 0 aromatic rings. The third kappa shape index (κ3) is 42.8. The summed E-state index contributed by atoms with van der Waals surface area (Å²) in [7, 11) is 1.12. The van der Waals surface area contributed by atoms with Gasteiger partial charge in [-0.2, -0.15) is 0 Å². The van der Waals surface area contributed by atoms with E-state index in [-0.39, 0.29) is 26.1 Å². The minimum Gasteiger partial charge on any atom is -0.756 e. The van der Waals surface area contributed by atoms with Crippen LogP contribution in [0.4, 0.5) is 0 Å². The van der Waals surface area contributed by atoms with Crippen molar-refractivity contribution in [1.82, 2.24) is 0 Å². The van der Waals surface area contributed by atoms with Crippen LogP contribution in [-0.4, -0.2) is 70.0 Å². The first-order valence-electron chi connectivity index (χ1n) is 22.3. The SMILES string of the molecule is CC/C=C\C/C=C\C/C=C\CCCCCCCC(=O)O[C@H](COC(=O)CCCCC/C=C\C/C=C\C/C=C\C/C=C\CCCCC)COP(=O)([O-])OCC[N+](C)(C)C. The first-order chi connectivity index (χ1) is 28.0. The summed E-state index contributed by atoms with van der Waals surface area (Å²) in [5, 5.41) is 0. The van der Waals surface area contributed by atoms with Gasteiger partial charge < -0.3 is 27.9 Å². The Kier molecular flexibility index (Phi) is 37.7. The first-order valence-corrected chi connectivity index (χ1v) is 23.8. The molecule has 0 aliphatic heterocycles. The van der Waals surface area contributed by atoms with E-state index in [2.05, 4.69) is 98.9 Å². The number of unbranched alkanes of at least 4 members (excludes halogenated alkanes) is 11. The van der Waals surface area contributed by atoms with Gasteiger partial charge in [-0.15, -0.1) is 0 Å². The van der Waals surface area contributed by atoms with E-state index >= 15 is 0 Å². The summed E-state index contributed by atoms with van der Waals surface area (Å²) in [6, 6.07) is 0. The van der Waals surface area contributed by atoms with Crippen LogP contribution in [0.15, 0.2) is 85.1 Å². The molecule has 0 aromatic carbocycles. The number of phosphoric acid groups is 1. The molecule has 332 valence electrons. The molecule has 0 aliphatic rings. The van der Waals surface area contributed by atoms with Crippen LogP contribution in [0, 0.1) is 0 Å². The predicted molar refractivity (Wildman–Crippen MR) is 240 cm³/mol. The van der Waals surface area contributed by atoms with Gasteiger partial charge in [0.1, 0.15) is 19.8 Å². The lowest BCUT2D eigenvalue weighted by Gasteiger charge is -2.28. The number of carbonyl (C=O) groups excluding carboxylic acids is 2. The van der Waals surface area contributed by atoms with Crippen LogP contribution in [0.5, 0.6) is 0 Å². The fourth-order valence-corrected chi connectivity index (χ4v) is 6.14. The quantitative estimate of drug-likeness (QED) is 0.0198. The van der Waals surface area contributed by atoms with Crippen LogP contribution in [0.1, 0.15) is 155 Å². The molecular weight excluding hydrogens is 750 g/mol. The molecular formula is C48H82NO8P. The molecule has 9 nitrogen and oxygen atoms in total. The van der Waals surface area contributed by atoms with E-state index in [0.717, 1.165) is 89.9 Å². The van der Waals surface area contributed by atoms with Crippen LogP contribution in [0.25, 0.3) is 0 Å². The number of hydrogen-bond donors (Lipinski definition) is 0. The Morgan fingerprint density at radius 1 is 0.552 bits per heavy atom. The average Bonchev–Trinajstić information content (AvgIpc) is 3.17. The molecule has 0 radical (unpaired) electrons. The molecule has 10 heteroatoms. The lowest BCUT2D eigenvalue weighted by molar-refractivity contribution is -0.870. The number of allylic oxidation sites excluding steroid dienone is 14. The number of esters is 2. The molecule has 0 saturated carbocycles. The minimum atomic E-state index is -4.64. The van der Waals surface area contributed by atoms with E-state index in [4.69, 9.17) is 18.5 Å². The third-order valence-electron chi connectivity index (χ3n) is 8.90. The van der Waals surface area contributed by atoms with Crippen molar-refractivity contribution in [2.45, 2.75) is 161 Å². The Morgan fingerprint density at radius 3 is 1.48 bits per heavy atom. The van der Waals surface area contributed by atoms with Gasteiger partial charge in [0.25, 0.3) is 7.82 Å². The van der Waals surface area contributed by atoms with Gasteiger partial charge in [-0.25, -0.2) is 0 Å². The number of rotatable bonds is 39. The Balaban J connectivity index is 4.45. The number of carbonyl (C=O) groups is 2. The number of ether oxygens (including phenoxy) is 2. The zero-order valence-electron chi connectivity index (χ0n) is 37.2. The van der Waals surface area contributed by atoms with Crippen LogP contribution < -0.4 is 4.89 Å². The maximum Gasteiger partial charge on any atom is 0.306 e. The van der Waals surface area contributed by atoms with Crippen LogP contribution >= 0.6 is 7.82 Å². The lowest BCUT2D eigenvalue weighted by Crippen LogP contribution is -2.37. The summed E-state index contributed by atoms with van der Waals surface area (Å²) in [6.07, 6.45) is 50.4. The normalized spacial score (nSPS) is 14.4. The lowest BCUT2D eigenvalue weighted by atomic mass is 10.1. The summed E-state index contributed by atoms with van der Waals surface area (Å²) >= 11 is 0. The summed E-state index contributed by atoms with van der Waals surface area (Å²) in [6.45, 7) is 4.00. The van der Waals surface area contributed by atoms with Crippen molar-refractivity contribution in [3.05, 3.63) is 85.1 Å². The van der Waals surface area contributed by atoms with Crippen molar-refractivity contribution in [3.63, 3.8) is 0 Å². The smallest absolute Gasteiger partial charge is 0.306 e. The molecule has 0 bridgehead atoms. The van der Waals surface area contributed by atoms with Gasteiger partial charge in [0.2, 0.25) is 0 Å². The van der Waals surface area contributed by atoms with Gasteiger partial charge in [0, 0.05) is 12.8 Å². The number of likely N-dealkylation sites (N-methyl/N-ethyl adjacent to an activating group) is 1. The van der Waals surface area contributed by atoms with E-state index in [1.807, 2.05) is 21.1 Å². The van der Waals surface area contributed by atoms with Gasteiger partial charge in [-0.1, -0.05) is 137 Å². The second-order valence-corrected chi connectivity index (χ2v) is 17.1. The van der Waals surface area contributed by atoms with Crippen molar-refractivity contribution < 1.29 is 42.1 Å². The second kappa shape index (κ2) is 39.6. The fraction of sp³-hybridized carbons (Fsp3) is 0.667. The highest BCUT2D eigenvalue weighted by atomic mass is 31.2. The van der Waals surface area contributed by atoms with E-state index in [0.29, 0.717) is 23.9 Å². The van der Waals surface area contributed by atoms with E-state index in [1.165, 1.54) is 25.7 Å². The molecule has 0 aromatic heterocycles. The average molecular weight is 832 g/mol. The Morgan fingerprint density at radius 2 is 0.983 bits per heavy atom. The monoisotopic (exact) mass is 832 g/mol. The summed E-state index contributed by atoms with van der Waals surface area (Å²) in [5.41, 5.74) is 0. The minimum absolute atomic E-state index is 0.0447. The molecule has 0 rings (SSSR count). The van der Waals surface area contributed by atoms with Gasteiger partial charge in [0.15, 0.2) is 6.10 Å². The molecule has 0 fully saturated rings. The second-order valence-electron chi connectivity index (χ2n) is 15.7. The maximum absolute atomic E-state index is 12.7. The highest BCUT2D eigenvalue weighted by Gasteiger charge is 2.21. The topological polar surface area (TPSA) is 111 Å². The molecule has 0 aliphatic carbocycles. The third-order valence-corrected chi connectivity index (χ3v) is 9.86. The highest BCUT2D eigenvalue weighted by Crippen LogP contribution is 2.38. The van der Waals surface area contributed by atoms with Gasteiger partial charge in [-0.3, -0.25) is 14.2 Å². The van der Waals surface area contributed by atoms with Gasteiger partial charge in [0.05, 0.1) is 27.7 Å². The van der Waals surface area contributed by atoms with Crippen LogP contribution in [0.3, 0.4) is 0 Å². The fourth-order valence-electron chi connectivity index (χ4n) is 5.41. The van der Waals surface area contributed by atoms with E-state index in [1.54, 1.807) is 0 Å². The number of nitrogens with zero attached hydrogens (tertiary/aromatic N) is 1. The summed E-state index contributed by atoms with van der Waals surface area (Å²) < 4.78 is 33.8. The Hall–Kier alpha value is -2.81. The van der Waals surface area contributed by atoms with Crippen molar-refractivity contribution in [2.75, 3.05) is 47.5 Å². The zero-order chi connectivity index (χ0) is 42.8. The van der Waals surface area contributed by atoms with Crippen LogP contribution in [-0.2, 0) is 32.7 Å². The van der Waals surface area contributed by atoms with Crippen molar-refractivity contribution in [2.24, 2.45) is 0 Å². The molecule has 1 unspecified atom stereocenters. The number of phosphoric ester groups is 1. The van der Waals surface area contributed by atoms with E-state index in [9.17, 15) is 19.0 Å². The Bertz CT molecular complexity index is 1260. The highest BCUT2D eigenvalue weighted by molar-refractivity contribution is 7.45. The summed E-state index contributed by atoms with van der Waals surface area (Å²) in [5.74, 6) is -0.899. The van der Waals surface area contributed by atoms with Gasteiger partial charge in [-0.05, 0) is 89.9 Å². The van der Waals surface area contributed by atoms with Crippen molar-refractivity contribution in [3.8, 4) is 0 Å². The number of hydrogen-bond acceptors (Lipinski definition) is 8. The largest absolute Gasteiger partial charge is 0.756 e. The molecule has 0 N–H and O–H groups in total. The van der Waals surface area contributed by atoms with E-state index < -0.39 is 32.5 Å².